The number of nitrogens with one attached hydrogen (secondary N) is 1. The molecule has 0 radical (unpaired) electrons. The first-order valence-electron chi connectivity index (χ1n) is 5.88. The predicted molar refractivity (Wildman–Crippen MR) is 72.4 cm³/mol. The molecule has 1 unspecified atom stereocenters. The van der Waals surface area contributed by atoms with E-state index in [1.807, 2.05) is 6.92 Å². The average Bonchev–Trinajstić information content (AvgIpc) is 2.38. The molecule has 0 aromatic carbocycles. The van der Waals surface area contributed by atoms with Crippen molar-refractivity contribution in [1.82, 2.24) is 9.97 Å². The summed E-state index contributed by atoms with van der Waals surface area (Å²) in [6, 6.07) is 0. The molecule has 0 aliphatic heterocycles. The van der Waals surface area contributed by atoms with Gasteiger partial charge in [0.2, 0.25) is 0 Å². The lowest BCUT2D eigenvalue weighted by Gasteiger charge is -2.12. The minimum absolute atomic E-state index is 0.249. The number of aryl methyl sites for hydroxylation is 1. The van der Waals surface area contributed by atoms with Crippen LogP contribution in [0.25, 0.3) is 0 Å². The van der Waals surface area contributed by atoms with Crippen molar-refractivity contribution in [1.29, 1.82) is 0 Å². The largest absolute Gasteiger partial charge is 0.394 e. The van der Waals surface area contributed by atoms with Gasteiger partial charge in [0, 0.05) is 17.7 Å². The smallest absolute Gasteiger partial charge is 0.147 e. The van der Waals surface area contributed by atoms with Crippen LogP contribution in [0.3, 0.4) is 0 Å². The molecule has 5 N–H and O–H groups in total. The van der Waals surface area contributed by atoms with Crippen molar-refractivity contribution in [3.05, 3.63) is 11.4 Å². The molecule has 1 rings (SSSR count). The van der Waals surface area contributed by atoms with Crippen molar-refractivity contribution in [2.75, 3.05) is 17.8 Å². The van der Waals surface area contributed by atoms with Crippen LogP contribution >= 0.6 is 11.8 Å². The van der Waals surface area contributed by atoms with Gasteiger partial charge in [-0.15, -0.1) is 11.8 Å². The van der Waals surface area contributed by atoms with Gasteiger partial charge >= 0.3 is 0 Å². The Labute approximate surface area is 111 Å². The number of hydrogen-bond donors (Lipinski definition) is 4. The van der Waals surface area contributed by atoms with E-state index >= 15 is 0 Å². The average molecular weight is 272 g/mol. The van der Waals surface area contributed by atoms with E-state index in [2.05, 4.69) is 22.3 Å². The number of aliphatic hydroxyl groups excluding tert-OH is 2. The Bertz CT molecular complexity index is 390. The van der Waals surface area contributed by atoms with Crippen molar-refractivity contribution in [2.24, 2.45) is 5.84 Å². The summed E-state index contributed by atoms with van der Waals surface area (Å²) in [5.74, 6) is 7.16. The normalized spacial score (nSPS) is 12.5. The van der Waals surface area contributed by atoms with Crippen LogP contribution in [0.15, 0.2) is 5.03 Å². The number of nitrogens with two attached hydrogens (primary N) is 1. The second-order valence-electron chi connectivity index (χ2n) is 3.96. The summed E-state index contributed by atoms with van der Waals surface area (Å²) in [5, 5.41) is 18.9. The number of aromatic nitrogens is 2. The third-order valence-electron chi connectivity index (χ3n) is 2.38. The van der Waals surface area contributed by atoms with Crippen LogP contribution in [-0.4, -0.2) is 38.6 Å². The Morgan fingerprint density at radius 3 is 2.72 bits per heavy atom. The Morgan fingerprint density at radius 1 is 1.44 bits per heavy atom. The highest BCUT2D eigenvalue weighted by Gasteiger charge is 2.12. The topological polar surface area (TPSA) is 104 Å². The third-order valence-corrected chi connectivity index (χ3v) is 3.60. The molecule has 7 heteroatoms. The van der Waals surface area contributed by atoms with E-state index in [0.29, 0.717) is 11.6 Å². The fraction of sp³-hybridized carbons (Fsp3) is 0.636. The summed E-state index contributed by atoms with van der Waals surface area (Å²) in [4.78, 5) is 8.76. The Hall–Kier alpha value is -0.890. The standard InChI is InChI=1S/C11H20N4O2S/c1-3-4-9-13-10(15-12)7(2)11(14-9)18-6-8(17)5-16/h8,16-17H,3-6,12H2,1-2H3,(H,13,14,15). The van der Waals surface area contributed by atoms with Crippen LogP contribution in [0, 0.1) is 6.92 Å². The molecule has 102 valence electrons. The van der Waals surface area contributed by atoms with Gasteiger partial charge in [-0.05, 0) is 13.3 Å². The number of nitrogen functional groups attached to an aromatic ring is 1. The molecule has 0 spiro atoms. The van der Waals surface area contributed by atoms with Gasteiger partial charge in [-0.3, -0.25) is 0 Å². The first-order valence-corrected chi connectivity index (χ1v) is 6.86. The van der Waals surface area contributed by atoms with Gasteiger partial charge in [0.15, 0.2) is 0 Å². The number of nitrogens with zero attached hydrogens (tertiary/aromatic N) is 2. The SMILES string of the molecule is CCCc1nc(NN)c(C)c(SCC(O)CO)n1. The Morgan fingerprint density at radius 2 is 2.17 bits per heavy atom. The summed E-state index contributed by atoms with van der Waals surface area (Å²) < 4.78 is 0. The summed E-state index contributed by atoms with van der Waals surface area (Å²) in [6.07, 6.45) is 0.995. The van der Waals surface area contributed by atoms with Crippen LogP contribution in [0.1, 0.15) is 24.7 Å². The van der Waals surface area contributed by atoms with Crippen LogP contribution in [0.4, 0.5) is 5.82 Å². The lowest BCUT2D eigenvalue weighted by Crippen LogP contribution is -2.16. The third kappa shape index (κ3) is 4.09. The number of anilines is 1. The maximum atomic E-state index is 9.35. The second-order valence-corrected chi connectivity index (χ2v) is 4.97. The van der Waals surface area contributed by atoms with E-state index in [4.69, 9.17) is 10.9 Å². The fourth-order valence-corrected chi connectivity index (χ4v) is 2.32. The molecule has 0 saturated carbocycles. The van der Waals surface area contributed by atoms with Crippen molar-refractivity contribution in [2.45, 2.75) is 37.8 Å². The van der Waals surface area contributed by atoms with Crippen LogP contribution < -0.4 is 11.3 Å². The number of rotatable bonds is 7. The van der Waals surface area contributed by atoms with Gasteiger partial charge in [-0.2, -0.15) is 0 Å². The van der Waals surface area contributed by atoms with E-state index in [0.717, 1.165) is 29.3 Å². The van der Waals surface area contributed by atoms with Gasteiger partial charge in [-0.1, -0.05) is 6.92 Å². The molecular weight excluding hydrogens is 252 g/mol. The summed E-state index contributed by atoms with van der Waals surface area (Å²) in [7, 11) is 0. The van der Waals surface area contributed by atoms with Gasteiger partial charge in [0.1, 0.15) is 16.7 Å². The monoisotopic (exact) mass is 272 g/mol. The van der Waals surface area contributed by atoms with Crippen LogP contribution in [0.5, 0.6) is 0 Å². The molecule has 0 saturated heterocycles. The molecule has 1 atom stereocenters. The van der Waals surface area contributed by atoms with E-state index in [1.165, 1.54) is 11.8 Å². The van der Waals surface area contributed by atoms with E-state index < -0.39 is 6.10 Å². The van der Waals surface area contributed by atoms with E-state index in [1.54, 1.807) is 0 Å². The van der Waals surface area contributed by atoms with Gasteiger partial charge < -0.3 is 15.6 Å². The second kappa shape index (κ2) is 7.52. The highest BCUT2D eigenvalue weighted by atomic mass is 32.2. The van der Waals surface area contributed by atoms with Gasteiger partial charge in [0.05, 0.1) is 12.7 Å². The highest BCUT2D eigenvalue weighted by molar-refractivity contribution is 7.99. The van der Waals surface area contributed by atoms with Crippen molar-refractivity contribution in [3.63, 3.8) is 0 Å². The van der Waals surface area contributed by atoms with Crippen molar-refractivity contribution in [3.8, 4) is 0 Å². The van der Waals surface area contributed by atoms with Crippen molar-refractivity contribution >= 4 is 17.6 Å². The number of hydrogen-bond acceptors (Lipinski definition) is 7. The maximum absolute atomic E-state index is 9.35. The summed E-state index contributed by atoms with van der Waals surface area (Å²) >= 11 is 1.39. The zero-order chi connectivity index (χ0) is 13.5. The quantitative estimate of drug-likeness (QED) is 0.247. The van der Waals surface area contributed by atoms with Crippen LogP contribution in [-0.2, 0) is 6.42 Å². The van der Waals surface area contributed by atoms with E-state index in [-0.39, 0.29) is 6.61 Å². The molecule has 0 amide bonds. The Balaban J connectivity index is 2.90. The van der Waals surface area contributed by atoms with Crippen molar-refractivity contribution < 1.29 is 10.2 Å². The highest BCUT2D eigenvalue weighted by Crippen LogP contribution is 2.25. The Kier molecular flexibility index (Phi) is 6.34. The molecule has 6 nitrogen and oxygen atoms in total. The molecule has 1 heterocycles. The molecule has 1 aromatic rings. The van der Waals surface area contributed by atoms with Crippen LogP contribution in [0.2, 0.25) is 0 Å². The molecule has 0 bridgehead atoms. The number of aliphatic hydroxyl groups is 2. The van der Waals surface area contributed by atoms with E-state index in [9.17, 15) is 5.11 Å². The summed E-state index contributed by atoms with van der Waals surface area (Å²) in [6.45, 7) is 3.68. The molecule has 0 aliphatic rings. The predicted octanol–water partition coefficient (Wildman–Crippen LogP) is 0.468. The zero-order valence-corrected chi connectivity index (χ0v) is 11.5. The number of thioether (sulfide) groups is 1. The molecule has 18 heavy (non-hydrogen) atoms. The zero-order valence-electron chi connectivity index (χ0n) is 10.7. The first kappa shape index (κ1) is 15.2. The first-order chi connectivity index (χ1) is 8.62. The lowest BCUT2D eigenvalue weighted by atomic mass is 10.3. The minimum Gasteiger partial charge on any atom is -0.394 e. The maximum Gasteiger partial charge on any atom is 0.147 e. The van der Waals surface area contributed by atoms with Gasteiger partial charge in [0.25, 0.3) is 0 Å². The molecule has 0 aliphatic carbocycles. The molecular formula is C11H20N4O2S. The molecule has 1 aromatic heterocycles. The lowest BCUT2D eigenvalue weighted by molar-refractivity contribution is 0.113. The fourth-order valence-electron chi connectivity index (χ4n) is 1.38. The van der Waals surface area contributed by atoms with Gasteiger partial charge in [-0.25, -0.2) is 15.8 Å². The summed E-state index contributed by atoms with van der Waals surface area (Å²) in [5.41, 5.74) is 3.41. The minimum atomic E-state index is -0.742. The molecule has 0 fully saturated rings. The number of hydrazine groups is 1.